The van der Waals surface area contributed by atoms with Crippen LogP contribution in [0.5, 0.6) is 5.75 Å². The second-order valence-corrected chi connectivity index (χ2v) is 29.8. The number of thiophene rings is 2. The normalized spacial score (nSPS) is 33.7. The zero-order valence-corrected chi connectivity index (χ0v) is 51.2. The molecule has 7 aliphatic carbocycles. The number of aliphatic hydroxyl groups excluding tert-OH is 1. The zero-order valence-electron chi connectivity index (χ0n) is 49.6. The lowest BCUT2D eigenvalue weighted by molar-refractivity contribution is -0.0195. The van der Waals surface area contributed by atoms with Gasteiger partial charge in [-0.15, -0.1) is 28.6 Å². The summed E-state index contributed by atoms with van der Waals surface area (Å²) in [4.78, 5) is 34.4. The van der Waals surface area contributed by atoms with Gasteiger partial charge in [0.15, 0.2) is 11.7 Å². The number of aliphatic hydroxyl groups is 2. The van der Waals surface area contributed by atoms with Crippen molar-refractivity contribution >= 4 is 46.2 Å². The van der Waals surface area contributed by atoms with Gasteiger partial charge in [0.1, 0.15) is 5.75 Å². The van der Waals surface area contributed by atoms with Gasteiger partial charge in [-0.2, -0.15) is 0 Å². The molecule has 9 aliphatic rings. The van der Waals surface area contributed by atoms with Crippen LogP contribution in [0.25, 0.3) is 15.8 Å². The second kappa shape index (κ2) is 21.9. The molecule has 442 valence electrons. The van der Waals surface area contributed by atoms with Crippen LogP contribution >= 0.6 is 22.7 Å². The molecule has 15 rings (SSSR count). The summed E-state index contributed by atoms with van der Waals surface area (Å²) in [6.45, 7) is 3.90. The number of nitrogens with zero attached hydrogens (tertiary/aromatic N) is 2. The number of aliphatic imine (C=N–C) groups is 1. The number of fused-ring (bicyclic) bond motifs is 5. The third kappa shape index (κ3) is 9.28. The molecule has 4 fully saturated rings. The number of phenols is 1. The molecule has 0 unspecified atom stereocenters. The highest BCUT2D eigenvalue weighted by Crippen LogP contribution is 2.77. The van der Waals surface area contributed by atoms with E-state index < -0.39 is 22.5 Å². The van der Waals surface area contributed by atoms with Crippen molar-refractivity contribution in [3.63, 3.8) is 0 Å². The number of carbonyl (C=O) groups is 1. The van der Waals surface area contributed by atoms with E-state index in [4.69, 9.17) is 10.7 Å². The summed E-state index contributed by atoms with van der Waals surface area (Å²) in [6.07, 6.45) is 28.0. The summed E-state index contributed by atoms with van der Waals surface area (Å²) in [5.41, 5.74) is 13.8. The zero-order chi connectivity index (χ0) is 58.5. The van der Waals surface area contributed by atoms with Gasteiger partial charge in [-0.1, -0.05) is 116 Å². The van der Waals surface area contributed by atoms with Crippen LogP contribution in [0, 0.1) is 75.4 Å². The molecule has 0 amide bonds. The highest BCUT2D eigenvalue weighted by molar-refractivity contribution is 7.23. The molecule has 10 nitrogen and oxygen atoms in total. The summed E-state index contributed by atoms with van der Waals surface area (Å²) in [5.74, 6) is 15.1. The third-order valence-corrected chi connectivity index (χ3v) is 25.4. The van der Waals surface area contributed by atoms with Gasteiger partial charge < -0.3 is 36.7 Å². The highest BCUT2D eigenvalue weighted by Gasteiger charge is 2.72. The maximum atomic E-state index is 16.4. The van der Waals surface area contributed by atoms with Crippen molar-refractivity contribution < 1.29 is 20.1 Å². The van der Waals surface area contributed by atoms with Crippen molar-refractivity contribution in [1.29, 1.82) is 0 Å². The molecule has 8 N–H and O–H groups in total. The van der Waals surface area contributed by atoms with E-state index in [1.165, 1.54) is 23.1 Å². The highest BCUT2D eigenvalue weighted by atomic mass is 32.1. The molecular formula is C74H80N6O4S2. The molecule has 3 aromatic heterocycles. The smallest absolute Gasteiger partial charge is 0.189 e. The number of aromatic amines is 1. The Labute approximate surface area is 514 Å². The summed E-state index contributed by atoms with van der Waals surface area (Å²) in [7, 11) is 0. The lowest BCUT2D eigenvalue weighted by Gasteiger charge is -2.57. The van der Waals surface area contributed by atoms with Crippen LogP contribution in [-0.2, 0) is 19.3 Å². The second-order valence-electron chi connectivity index (χ2n) is 27.7. The largest absolute Gasteiger partial charge is 0.507 e. The number of imidazole rings is 1. The molecule has 3 spiro atoms. The van der Waals surface area contributed by atoms with E-state index in [2.05, 4.69) is 129 Å². The van der Waals surface area contributed by atoms with Gasteiger partial charge in [0, 0.05) is 75.4 Å². The topological polar surface area (TPSA) is 169 Å². The molecule has 86 heavy (non-hydrogen) atoms. The van der Waals surface area contributed by atoms with E-state index in [-0.39, 0.29) is 83.0 Å². The number of nitrogens with two attached hydrogens (primary N) is 1. The van der Waals surface area contributed by atoms with Gasteiger partial charge in [-0.25, -0.2) is 9.98 Å². The molecule has 14 atom stereocenters. The van der Waals surface area contributed by atoms with Crippen molar-refractivity contribution in [2.24, 2.45) is 62.5 Å². The fraction of sp³-hybridized carbons (Fsp3) is 0.473. The summed E-state index contributed by atoms with van der Waals surface area (Å²) in [6, 6.07) is 27.6. The first-order valence-electron chi connectivity index (χ1n) is 32.2. The van der Waals surface area contributed by atoms with E-state index in [0.717, 1.165) is 131 Å². The number of aromatic nitrogens is 2. The summed E-state index contributed by atoms with van der Waals surface area (Å²) >= 11 is 3.30. The van der Waals surface area contributed by atoms with E-state index in [1.807, 2.05) is 44.6 Å². The van der Waals surface area contributed by atoms with Crippen LogP contribution in [-0.4, -0.2) is 67.4 Å². The number of rotatable bonds is 10. The number of carbonyl (C=O) groups excluding carboxylic acids is 1. The van der Waals surface area contributed by atoms with Crippen molar-refractivity contribution in [2.75, 3.05) is 11.9 Å². The van der Waals surface area contributed by atoms with Crippen molar-refractivity contribution in [1.82, 2.24) is 15.3 Å². The molecule has 0 radical (unpaired) electrons. The number of aryl methyl sites for hydroxylation is 1. The van der Waals surface area contributed by atoms with Crippen LogP contribution in [0.3, 0.4) is 0 Å². The Morgan fingerprint density at radius 3 is 2.62 bits per heavy atom. The fourth-order valence-electron chi connectivity index (χ4n) is 19.6. The van der Waals surface area contributed by atoms with Crippen LogP contribution in [0.2, 0.25) is 0 Å². The molecule has 5 heterocycles. The monoisotopic (exact) mass is 1180 g/mol. The van der Waals surface area contributed by atoms with Gasteiger partial charge in [-0.3, -0.25) is 4.79 Å². The van der Waals surface area contributed by atoms with Gasteiger partial charge in [0.25, 0.3) is 0 Å². The standard InChI is InChI=1S/C74H80N6O4S2/c1-3-12-50-22-26-60(85-50)61-27-28-62(86-61)69(83)57-31-34-72-33-30-56-67(73(42-74(56,57)41-72)32-11-16-48(73)40-81)54-24-23-51-47(37-64(72)80-70(75)78-49-17-8-5-9-18-49)36-59(82)52-25-29-63(79-68(51)52)71(2,84)38-46-15-10-19-53-65(54)45(21-20-44-13-6-4-7-14-44)35-55(66(46)53)58-39-76-43-77-58/h4,6-7,10,13-15,19,22,25-30,33,36,39,43,45,48-49,54-57,63-65,67,79,81-82,84H,5,8-9,11,16-18,20-21,31-32,34-35,37-38,40-42H2,1-2H3,(H,76,77)(H3,75,78,80)/t45-,48-,54+,55-,56+,57-,63-,64-,65-,67+,71+,72+,73-,74-/m1/s1. The Bertz CT molecular complexity index is 3830. The third-order valence-electron chi connectivity index (χ3n) is 23.1. The minimum absolute atomic E-state index is 0.00997. The van der Waals surface area contributed by atoms with Gasteiger partial charge in [0.2, 0.25) is 0 Å². The van der Waals surface area contributed by atoms with Crippen molar-refractivity contribution in [2.45, 2.75) is 159 Å². The van der Waals surface area contributed by atoms with E-state index >= 15 is 4.79 Å². The van der Waals surface area contributed by atoms with Crippen molar-refractivity contribution in [3.8, 4) is 39.2 Å². The number of H-pyrrole nitrogens is 1. The molecule has 12 heteroatoms. The van der Waals surface area contributed by atoms with Gasteiger partial charge in [0.05, 0.1) is 45.0 Å². The Hall–Kier alpha value is -6.67. The van der Waals surface area contributed by atoms with E-state index in [1.54, 1.807) is 22.7 Å². The number of Topliss-reactive ketones (excluding diaryl/α,β-unsaturated/α-hetero) is 1. The van der Waals surface area contributed by atoms with Gasteiger partial charge >= 0.3 is 0 Å². The number of anilines is 1. The number of nitrogens with one attached hydrogen (secondary N) is 3. The van der Waals surface area contributed by atoms with Crippen LogP contribution < -0.4 is 16.4 Å². The maximum absolute atomic E-state index is 16.4. The van der Waals surface area contributed by atoms with Gasteiger partial charge in [-0.05, 0) is 184 Å². The van der Waals surface area contributed by atoms with Crippen LogP contribution in [0.15, 0.2) is 115 Å². The minimum Gasteiger partial charge on any atom is -0.507 e. The Balaban J connectivity index is 0.994. The summed E-state index contributed by atoms with van der Waals surface area (Å²) in [5, 5.41) is 45.4. The predicted octanol–water partition coefficient (Wildman–Crippen LogP) is 13.7. The molecule has 2 aliphatic heterocycles. The van der Waals surface area contributed by atoms with E-state index in [0.29, 0.717) is 30.8 Å². The first kappa shape index (κ1) is 55.9. The quantitative estimate of drug-likeness (QED) is 0.0234. The first-order valence-corrected chi connectivity index (χ1v) is 33.8. The number of phenolic OH excluding ortho intramolecular Hbond substituents is 1. The average Bonchev–Trinajstić information content (AvgIpc) is 1.49. The first-order chi connectivity index (χ1) is 41.9. The Morgan fingerprint density at radius 1 is 0.942 bits per heavy atom. The minimum atomic E-state index is -1.28. The fourth-order valence-corrected chi connectivity index (χ4v) is 21.6. The number of hydrogen-bond donors (Lipinski definition) is 7. The number of hydrogen-bond acceptors (Lipinski definition) is 9. The molecule has 3 aromatic carbocycles. The molecular weight excluding hydrogens is 1100 g/mol. The predicted molar refractivity (Wildman–Crippen MR) is 345 cm³/mol. The number of benzene rings is 3. The molecule has 6 aromatic rings. The molecule has 0 saturated heterocycles. The lowest BCUT2D eigenvalue weighted by atomic mass is 9.46. The van der Waals surface area contributed by atoms with Crippen molar-refractivity contribution in [3.05, 3.63) is 164 Å². The SMILES string of the molecule is CC#Cc1ccc(-c2ccc(C(=O)[C@H]3CC[C@]45C=C[C@H]6[C@H]([C@H]7C#Cc8c(cc(O)c9c8N[C@H](C=C9)[C@@](C)(O)Cc8cccc9c8[C@@H](c8cnc[nH]8)C[C@@H](CCc8ccccc8)[C@H]97)C[C@H]4N=C(N)NC4CCCCC4)[C@]4(CCC[C@@H]4CO)C[C@@]36C5)s2)s1. The molecule has 4 saturated carbocycles. The number of ketones is 1. The average molecular weight is 1180 g/mol. The lowest BCUT2D eigenvalue weighted by Crippen LogP contribution is -2.54. The Morgan fingerprint density at radius 2 is 1.79 bits per heavy atom. The number of allylic oxidation sites excluding steroid dienone is 1. The Kier molecular flexibility index (Phi) is 14.2. The number of aromatic hydroxyl groups is 1. The van der Waals surface area contributed by atoms with E-state index in [9.17, 15) is 15.3 Å². The number of guanidine groups is 1. The maximum Gasteiger partial charge on any atom is 0.189 e. The summed E-state index contributed by atoms with van der Waals surface area (Å²) < 4.78 is 0. The van der Waals surface area contributed by atoms with Crippen LogP contribution in [0.1, 0.15) is 175 Å². The molecule has 11 bridgehead atoms. The van der Waals surface area contributed by atoms with Crippen LogP contribution in [0.4, 0.5) is 5.69 Å².